The lowest BCUT2D eigenvalue weighted by Crippen LogP contribution is -2.23. The van der Waals surface area contributed by atoms with Gasteiger partial charge in [-0.25, -0.2) is 0 Å². The Balaban J connectivity index is 2.43. The van der Waals surface area contributed by atoms with Crippen LogP contribution in [0.3, 0.4) is 0 Å². The van der Waals surface area contributed by atoms with E-state index >= 15 is 0 Å². The van der Waals surface area contributed by atoms with Crippen LogP contribution in [-0.2, 0) is 0 Å². The maximum absolute atomic E-state index is 12.0. The molecule has 0 aromatic heterocycles. The number of ketones is 2. The van der Waals surface area contributed by atoms with Crippen molar-refractivity contribution in [3.63, 3.8) is 0 Å². The minimum atomic E-state index is -0.145. The summed E-state index contributed by atoms with van der Waals surface area (Å²) in [6, 6.07) is 6.84. The predicted octanol–water partition coefficient (Wildman–Crippen LogP) is 2.07. The molecule has 0 heterocycles. The van der Waals surface area contributed by atoms with Crippen molar-refractivity contribution < 1.29 is 9.59 Å². The smallest absolute Gasteiger partial charge is 0.210 e. The average Bonchev–Trinajstić information content (AvgIpc) is 2.32. The van der Waals surface area contributed by atoms with Gasteiger partial charge < -0.3 is 5.32 Å². The summed E-state index contributed by atoms with van der Waals surface area (Å²) in [5, 5.41) is 2.80. The molecule has 80 valence electrons. The number of carbonyl (C=O) groups is 2. The van der Waals surface area contributed by atoms with E-state index in [0.717, 1.165) is 0 Å². The van der Waals surface area contributed by atoms with Crippen LogP contribution in [0.1, 0.15) is 27.6 Å². The second kappa shape index (κ2) is 4.14. The molecule has 0 atom stereocenters. The molecule has 0 bridgehead atoms. The molecule has 16 heavy (non-hydrogen) atoms. The third-order valence-electron chi connectivity index (χ3n) is 2.36. The Morgan fingerprint density at radius 1 is 1.12 bits per heavy atom. The lowest BCUT2D eigenvalue weighted by molar-refractivity contribution is 0.0980. The summed E-state index contributed by atoms with van der Waals surface area (Å²) in [7, 11) is 0. The molecular formula is C13H11NO2. The van der Waals surface area contributed by atoms with Crippen molar-refractivity contribution in [1.82, 2.24) is 5.32 Å². The second-order valence-electron chi connectivity index (χ2n) is 3.44. The minimum absolute atomic E-state index is 0.137. The van der Waals surface area contributed by atoms with Gasteiger partial charge in [0.15, 0.2) is 5.78 Å². The van der Waals surface area contributed by atoms with Crippen LogP contribution in [0, 0.1) is 0 Å². The quantitative estimate of drug-likeness (QED) is 0.818. The lowest BCUT2D eigenvalue weighted by Gasteiger charge is -2.14. The summed E-state index contributed by atoms with van der Waals surface area (Å²) >= 11 is 0. The van der Waals surface area contributed by atoms with Crippen LogP contribution in [0.25, 0.3) is 0 Å². The van der Waals surface area contributed by atoms with Gasteiger partial charge >= 0.3 is 0 Å². The fraction of sp³-hybridized carbons (Fsp3) is 0.0769. The van der Waals surface area contributed by atoms with Gasteiger partial charge in [-0.2, -0.15) is 0 Å². The fourth-order valence-electron chi connectivity index (χ4n) is 1.60. The SMILES string of the molecule is CC=CNC1=CC(=O)c2ccccc2C1=O. The normalized spacial score (nSPS) is 14.9. The molecule has 1 aliphatic rings. The van der Waals surface area contributed by atoms with E-state index in [2.05, 4.69) is 5.32 Å². The van der Waals surface area contributed by atoms with E-state index in [1.54, 1.807) is 36.5 Å². The van der Waals surface area contributed by atoms with Crippen LogP contribution in [0.2, 0.25) is 0 Å². The summed E-state index contributed by atoms with van der Waals surface area (Å²) in [6.07, 6.45) is 4.73. The van der Waals surface area contributed by atoms with Crippen LogP contribution in [-0.4, -0.2) is 11.6 Å². The van der Waals surface area contributed by atoms with Gasteiger partial charge in [-0.15, -0.1) is 0 Å². The van der Waals surface area contributed by atoms with Crippen molar-refractivity contribution in [3.05, 3.63) is 59.4 Å². The van der Waals surface area contributed by atoms with Crippen LogP contribution < -0.4 is 5.32 Å². The van der Waals surface area contributed by atoms with E-state index in [1.165, 1.54) is 6.08 Å². The van der Waals surface area contributed by atoms with Crippen molar-refractivity contribution in [2.45, 2.75) is 6.92 Å². The van der Waals surface area contributed by atoms with Crippen molar-refractivity contribution in [2.24, 2.45) is 0 Å². The molecule has 0 aliphatic heterocycles. The Bertz CT molecular complexity index is 512. The van der Waals surface area contributed by atoms with E-state index in [9.17, 15) is 9.59 Å². The lowest BCUT2D eigenvalue weighted by atomic mass is 9.93. The molecule has 1 N–H and O–H groups in total. The van der Waals surface area contributed by atoms with Crippen molar-refractivity contribution in [1.29, 1.82) is 0 Å². The van der Waals surface area contributed by atoms with Gasteiger partial charge in [-0.3, -0.25) is 9.59 Å². The summed E-state index contributed by atoms with van der Waals surface area (Å²) < 4.78 is 0. The van der Waals surface area contributed by atoms with Gasteiger partial charge in [-0.1, -0.05) is 30.3 Å². The number of Topliss-reactive ketones (excluding diaryl/α,β-unsaturated/α-hetero) is 1. The van der Waals surface area contributed by atoms with Crippen LogP contribution in [0.15, 0.2) is 48.3 Å². The Labute approximate surface area is 93.5 Å². The van der Waals surface area contributed by atoms with Crippen LogP contribution >= 0.6 is 0 Å². The highest BCUT2D eigenvalue weighted by molar-refractivity contribution is 6.24. The number of nitrogens with one attached hydrogen (secondary N) is 1. The highest BCUT2D eigenvalue weighted by Gasteiger charge is 2.24. The number of allylic oxidation sites excluding steroid dienone is 3. The molecule has 1 aliphatic carbocycles. The molecular weight excluding hydrogens is 202 g/mol. The molecule has 0 unspecified atom stereocenters. The van der Waals surface area contributed by atoms with E-state index in [1.807, 2.05) is 6.92 Å². The summed E-state index contributed by atoms with van der Waals surface area (Å²) in [6.45, 7) is 1.83. The van der Waals surface area contributed by atoms with Crippen molar-refractivity contribution >= 4 is 11.6 Å². The number of rotatable bonds is 2. The van der Waals surface area contributed by atoms with E-state index < -0.39 is 0 Å². The molecule has 2 rings (SSSR count). The fourth-order valence-corrected chi connectivity index (χ4v) is 1.60. The predicted molar refractivity (Wildman–Crippen MR) is 61.1 cm³/mol. The second-order valence-corrected chi connectivity index (χ2v) is 3.44. The maximum atomic E-state index is 12.0. The number of hydrogen-bond donors (Lipinski definition) is 1. The van der Waals surface area contributed by atoms with Crippen LogP contribution in [0.4, 0.5) is 0 Å². The Morgan fingerprint density at radius 2 is 1.81 bits per heavy atom. The van der Waals surface area contributed by atoms with E-state index in [-0.39, 0.29) is 11.6 Å². The average molecular weight is 213 g/mol. The standard InChI is InChI=1S/C13H11NO2/c1-2-7-14-11-8-12(15)9-5-3-4-6-10(9)13(11)16/h2-8,14H,1H3. The first-order valence-corrected chi connectivity index (χ1v) is 5.01. The molecule has 0 amide bonds. The number of benzene rings is 1. The topological polar surface area (TPSA) is 46.2 Å². The maximum Gasteiger partial charge on any atom is 0.210 e. The molecule has 0 saturated carbocycles. The van der Waals surface area contributed by atoms with E-state index in [0.29, 0.717) is 16.8 Å². The first-order valence-electron chi connectivity index (χ1n) is 5.01. The molecule has 3 nitrogen and oxygen atoms in total. The number of fused-ring (bicyclic) bond motifs is 1. The summed E-state index contributed by atoms with van der Waals surface area (Å²) in [4.78, 5) is 23.7. The first kappa shape index (κ1) is 10.4. The molecule has 0 spiro atoms. The highest BCUT2D eigenvalue weighted by atomic mass is 16.1. The molecule has 1 aromatic carbocycles. The third kappa shape index (κ3) is 1.67. The van der Waals surface area contributed by atoms with Gasteiger partial charge in [0.2, 0.25) is 5.78 Å². The van der Waals surface area contributed by atoms with E-state index in [4.69, 9.17) is 0 Å². The zero-order chi connectivity index (χ0) is 11.5. The first-order chi connectivity index (χ1) is 7.74. The zero-order valence-electron chi connectivity index (χ0n) is 8.86. The Hall–Kier alpha value is -2.16. The minimum Gasteiger partial charge on any atom is -0.359 e. The van der Waals surface area contributed by atoms with Gasteiger partial charge in [0.25, 0.3) is 0 Å². The number of carbonyl (C=O) groups excluding carboxylic acids is 2. The van der Waals surface area contributed by atoms with Crippen molar-refractivity contribution in [2.75, 3.05) is 0 Å². The van der Waals surface area contributed by atoms with Crippen molar-refractivity contribution in [3.8, 4) is 0 Å². The van der Waals surface area contributed by atoms with Crippen LogP contribution in [0.5, 0.6) is 0 Å². The van der Waals surface area contributed by atoms with Gasteiger partial charge in [0.05, 0.1) is 5.70 Å². The zero-order valence-corrected chi connectivity index (χ0v) is 8.86. The Morgan fingerprint density at radius 3 is 2.50 bits per heavy atom. The monoisotopic (exact) mass is 213 g/mol. The summed E-state index contributed by atoms with van der Waals surface area (Å²) in [5.74, 6) is -0.282. The number of hydrogen-bond acceptors (Lipinski definition) is 3. The summed E-state index contributed by atoms with van der Waals surface area (Å²) in [5.41, 5.74) is 1.25. The largest absolute Gasteiger partial charge is 0.359 e. The molecule has 0 fully saturated rings. The molecule has 0 radical (unpaired) electrons. The molecule has 3 heteroatoms. The molecule has 0 saturated heterocycles. The van der Waals surface area contributed by atoms with Gasteiger partial charge in [0, 0.05) is 17.2 Å². The third-order valence-corrected chi connectivity index (χ3v) is 2.36. The Kier molecular flexibility index (Phi) is 2.68. The highest BCUT2D eigenvalue weighted by Crippen LogP contribution is 2.19. The van der Waals surface area contributed by atoms with Gasteiger partial charge in [0.1, 0.15) is 0 Å². The molecule has 1 aromatic rings. The van der Waals surface area contributed by atoms with Gasteiger partial charge in [-0.05, 0) is 13.1 Å².